The first-order valence-corrected chi connectivity index (χ1v) is 9.73. The van der Waals surface area contributed by atoms with Crippen LogP contribution in [0.3, 0.4) is 0 Å². The number of hydrogen-bond acceptors (Lipinski definition) is 3. The second-order valence-corrected chi connectivity index (χ2v) is 7.46. The third kappa shape index (κ3) is 7.39. The van der Waals surface area contributed by atoms with Crippen molar-refractivity contribution in [3.8, 4) is 0 Å². The average Bonchev–Trinajstić information content (AvgIpc) is 2.50. The molecule has 1 aromatic rings. The highest BCUT2D eigenvalue weighted by molar-refractivity contribution is 7.99. The molecular weight excluding hydrogens is 320 g/mol. The van der Waals surface area contributed by atoms with Crippen molar-refractivity contribution in [2.75, 3.05) is 16.8 Å². The number of rotatable bonds is 9. The smallest absolute Gasteiger partial charge is 0.230 e. The molecule has 4 nitrogen and oxygen atoms in total. The summed E-state index contributed by atoms with van der Waals surface area (Å²) in [6.07, 6.45) is 2.19. The van der Waals surface area contributed by atoms with Gasteiger partial charge < -0.3 is 10.6 Å². The van der Waals surface area contributed by atoms with Gasteiger partial charge in [-0.3, -0.25) is 9.59 Å². The van der Waals surface area contributed by atoms with Crippen LogP contribution in [0.25, 0.3) is 0 Å². The fourth-order valence-corrected chi connectivity index (χ4v) is 3.26. The fourth-order valence-electron chi connectivity index (χ4n) is 2.50. The molecule has 1 unspecified atom stereocenters. The normalized spacial score (nSPS) is 11.9. The molecule has 0 saturated heterocycles. The molecule has 0 aliphatic heterocycles. The van der Waals surface area contributed by atoms with E-state index in [0.29, 0.717) is 12.2 Å². The van der Waals surface area contributed by atoms with Crippen molar-refractivity contribution in [1.29, 1.82) is 0 Å². The number of carbonyl (C=O) groups is 2. The van der Waals surface area contributed by atoms with Gasteiger partial charge in [-0.25, -0.2) is 0 Å². The first kappa shape index (κ1) is 20.6. The Balaban J connectivity index is 2.27. The van der Waals surface area contributed by atoms with Crippen LogP contribution in [0.1, 0.15) is 49.8 Å². The van der Waals surface area contributed by atoms with E-state index in [0.717, 1.165) is 35.4 Å². The molecule has 0 fully saturated rings. The Labute approximate surface area is 150 Å². The van der Waals surface area contributed by atoms with Gasteiger partial charge in [0, 0.05) is 18.2 Å². The van der Waals surface area contributed by atoms with Crippen LogP contribution in [0.2, 0.25) is 0 Å². The number of thioether (sulfide) groups is 1. The molecule has 134 valence electrons. The molecule has 1 atom stereocenters. The maximum atomic E-state index is 12.1. The Morgan fingerprint density at radius 2 is 1.75 bits per heavy atom. The summed E-state index contributed by atoms with van der Waals surface area (Å²) in [5, 5.41) is 5.95. The third-order valence-corrected chi connectivity index (χ3v) is 4.93. The summed E-state index contributed by atoms with van der Waals surface area (Å²) >= 11 is 1.58. The van der Waals surface area contributed by atoms with Gasteiger partial charge in [0.2, 0.25) is 11.8 Å². The first-order valence-electron chi connectivity index (χ1n) is 8.58. The average molecular weight is 351 g/mol. The van der Waals surface area contributed by atoms with E-state index in [1.165, 1.54) is 5.56 Å². The number of hydrogen-bond donors (Lipinski definition) is 2. The minimum absolute atomic E-state index is 0.0368. The zero-order chi connectivity index (χ0) is 18.1. The molecule has 1 rings (SSSR count). The molecule has 2 N–H and O–H groups in total. The van der Waals surface area contributed by atoms with Crippen LogP contribution in [0.5, 0.6) is 0 Å². The van der Waals surface area contributed by atoms with Crippen molar-refractivity contribution < 1.29 is 9.59 Å². The molecule has 2 amide bonds. The zero-order valence-electron chi connectivity index (χ0n) is 15.5. The van der Waals surface area contributed by atoms with Crippen LogP contribution in [-0.4, -0.2) is 29.4 Å². The summed E-state index contributed by atoms with van der Waals surface area (Å²) in [7, 11) is 0. The summed E-state index contributed by atoms with van der Waals surface area (Å²) < 4.78 is 0. The predicted octanol–water partition coefficient (Wildman–Crippen LogP) is 3.98. The van der Waals surface area contributed by atoms with E-state index in [4.69, 9.17) is 0 Å². The van der Waals surface area contributed by atoms with Gasteiger partial charge in [0.25, 0.3) is 0 Å². The Hall–Kier alpha value is -1.49. The number of anilines is 1. The number of nitrogens with one attached hydrogen (secondary N) is 2. The molecule has 0 heterocycles. The second-order valence-electron chi connectivity index (χ2n) is 6.35. The lowest BCUT2D eigenvalue weighted by Crippen LogP contribution is -2.33. The van der Waals surface area contributed by atoms with E-state index in [2.05, 4.69) is 29.7 Å². The molecule has 0 saturated carbocycles. The van der Waals surface area contributed by atoms with Crippen LogP contribution >= 0.6 is 11.8 Å². The minimum Gasteiger partial charge on any atom is -0.353 e. The van der Waals surface area contributed by atoms with Gasteiger partial charge >= 0.3 is 0 Å². The van der Waals surface area contributed by atoms with E-state index >= 15 is 0 Å². The lowest BCUT2D eigenvalue weighted by molar-refractivity contribution is -0.119. The monoisotopic (exact) mass is 350 g/mol. The van der Waals surface area contributed by atoms with Crippen LogP contribution in [0.15, 0.2) is 12.1 Å². The van der Waals surface area contributed by atoms with Crippen molar-refractivity contribution in [1.82, 2.24) is 5.32 Å². The molecular formula is C19H30N2O2S. The molecule has 0 aliphatic carbocycles. The van der Waals surface area contributed by atoms with Crippen LogP contribution in [0, 0.1) is 20.8 Å². The summed E-state index contributed by atoms with van der Waals surface area (Å²) in [4.78, 5) is 23.7. The van der Waals surface area contributed by atoms with Crippen molar-refractivity contribution in [2.24, 2.45) is 0 Å². The predicted molar refractivity (Wildman–Crippen MR) is 104 cm³/mol. The molecule has 0 aromatic heterocycles. The largest absolute Gasteiger partial charge is 0.353 e. The molecule has 0 aliphatic rings. The van der Waals surface area contributed by atoms with E-state index in [-0.39, 0.29) is 17.9 Å². The van der Waals surface area contributed by atoms with Crippen LogP contribution in [0.4, 0.5) is 5.69 Å². The van der Waals surface area contributed by atoms with Crippen LogP contribution < -0.4 is 10.6 Å². The van der Waals surface area contributed by atoms with Gasteiger partial charge in [-0.1, -0.05) is 24.6 Å². The van der Waals surface area contributed by atoms with Gasteiger partial charge in [-0.05, 0) is 57.4 Å². The maximum absolute atomic E-state index is 12.1. The highest BCUT2D eigenvalue weighted by atomic mass is 32.2. The Morgan fingerprint density at radius 1 is 1.12 bits per heavy atom. The number of aryl methyl sites for hydroxylation is 3. The lowest BCUT2D eigenvalue weighted by atomic mass is 10.0. The summed E-state index contributed by atoms with van der Waals surface area (Å²) in [5.41, 5.74) is 4.31. The summed E-state index contributed by atoms with van der Waals surface area (Å²) in [6, 6.07) is 4.38. The zero-order valence-corrected chi connectivity index (χ0v) is 16.3. The van der Waals surface area contributed by atoms with Gasteiger partial charge in [0.05, 0.1) is 5.75 Å². The van der Waals surface area contributed by atoms with Crippen molar-refractivity contribution in [3.63, 3.8) is 0 Å². The first-order chi connectivity index (χ1) is 11.3. The quantitative estimate of drug-likeness (QED) is 0.662. The number of amides is 2. The lowest BCUT2D eigenvalue weighted by Gasteiger charge is -2.13. The Morgan fingerprint density at radius 3 is 2.33 bits per heavy atom. The van der Waals surface area contributed by atoms with Gasteiger partial charge in [0.15, 0.2) is 0 Å². The molecule has 0 spiro atoms. The molecule has 24 heavy (non-hydrogen) atoms. The summed E-state index contributed by atoms with van der Waals surface area (Å²) in [6.45, 7) is 10.1. The molecule has 0 bridgehead atoms. The topological polar surface area (TPSA) is 58.2 Å². The Kier molecular flexibility index (Phi) is 8.90. The highest BCUT2D eigenvalue weighted by Crippen LogP contribution is 2.22. The minimum atomic E-state index is 0.0368. The molecule has 0 radical (unpaired) electrons. The standard InChI is InChI=1S/C19H30N2O2S/c1-6-16(5)20-18(23)12-24-9-7-8-17(22)21-19-14(3)10-13(2)11-15(19)4/h10-11,16H,6-9,12H2,1-5H3,(H,20,23)(H,21,22). The van der Waals surface area contributed by atoms with Crippen LogP contribution in [-0.2, 0) is 9.59 Å². The van der Waals surface area contributed by atoms with Crippen molar-refractivity contribution in [3.05, 3.63) is 28.8 Å². The fraction of sp³-hybridized carbons (Fsp3) is 0.579. The second kappa shape index (κ2) is 10.4. The van der Waals surface area contributed by atoms with Crippen molar-refractivity contribution >= 4 is 29.3 Å². The van der Waals surface area contributed by atoms with Crippen molar-refractivity contribution in [2.45, 2.75) is 59.9 Å². The molecule has 1 aromatic carbocycles. The van der Waals surface area contributed by atoms with E-state index in [1.54, 1.807) is 11.8 Å². The SMILES string of the molecule is CCC(C)NC(=O)CSCCCC(=O)Nc1c(C)cc(C)cc1C. The van der Waals surface area contributed by atoms with E-state index < -0.39 is 0 Å². The number of benzene rings is 1. The van der Waals surface area contributed by atoms with Gasteiger partial charge in [-0.2, -0.15) is 11.8 Å². The number of carbonyl (C=O) groups excluding carboxylic acids is 2. The summed E-state index contributed by atoms with van der Waals surface area (Å²) in [5.74, 6) is 1.38. The third-order valence-electron chi connectivity index (χ3n) is 3.89. The van der Waals surface area contributed by atoms with E-state index in [1.807, 2.05) is 27.7 Å². The molecule has 5 heteroatoms. The van der Waals surface area contributed by atoms with E-state index in [9.17, 15) is 9.59 Å². The maximum Gasteiger partial charge on any atom is 0.230 e. The van der Waals surface area contributed by atoms with Gasteiger partial charge in [0.1, 0.15) is 0 Å². The Bertz CT molecular complexity index is 549. The highest BCUT2D eigenvalue weighted by Gasteiger charge is 2.09. The van der Waals surface area contributed by atoms with Gasteiger partial charge in [-0.15, -0.1) is 0 Å².